The van der Waals surface area contributed by atoms with Gasteiger partial charge in [-0.25, -0.2) is 0 Å². The maximum Gasteiger partial charge on any atom is 0.218 e. The van der Waals surface area contributed by atoms with E-state index in [0.29, 0.717) is 17.9 Å². The zero-order valence-electron chi connectivity index (χ0n) is 11.6. The summed E-state index contributed by atoms with van der Waals surface area (Å²) in [7, 11) is 1.51. The molecule has 1 atom stereocenters. The van der Waals surface area contributed by atoms with Gasteiger partial charge in [0, 0.05) is 19.0 Å². The Balaban J connectivity index is 2.79. The number of carbonyl (C=O) groups is 1. The molecule has 1 aromatic rings. The van der Waals surface area contributed by atoms with Gasteiger partial charge in [-0.1, -0.05) is 11.2 Å². The van der Waals surface area contributed by atoms with E-state index >= 15 is 0 Å². The first kappa shape index (κ1) is 15.8. The molecule has 1 amide bonds. The van der Waals surface area contributed by atoms with Gasteiger partial charge in [0.2, 0.25) is 5.91 Å². The third-order valence-corrected chi connectivity index (χ3v) is 2.81. The highest BCUT2D eigenvalue weighted by Crippen LogP contribution is 2.19. The fraction of sp³-hybridized carbons (Fsp3) is 0.385. The van der Waals surface area contributed by atoms with Crippen LogP contribution >= 0.6 is 0 Å². The van der Waals surface area contributed by atoms with Gasteiger partial charge >= 0.3 is 0 Å². The van der Waals surface area contributed by atoms with Crippen LogP contribution in [0.4, 0.5) is 0 Å². The molecule has 110 valence electrons. The van der Waals surface area contributed by atoms with E-state index in [2.05, 4.69) is 10.5 Å². The quantitative estimate of drug-likeness (QED) is 0.245. The van der Waals surface area contributed by atoms with Crippen LogP contribution in [0.25, 0.3) is 0 Å². The van der Waals surface area contributed by atoms with Gasteiger partial charge in [-0.3, -0.25) is 4.79 Å². The predicted octanol–water partition coefficient (Wildman–Crippen LogP) is 0.143. The Bertz CT molecular complexity index is 502. The lowest BCUT2D eigenvalue weighted by Crippen LogP contribution is -2.30. The van der Waals surface area contributed by atoms with E-state index in [0.717, 1.165) is 5.56 Å². The van der Waals surface area contributed by atoms with Gasteiger partial charge in [0.25, 0.3) is 0 Å². The van der Waals surface area contributed by atoms with E-state index in [4.69, 9.17) is 21.4 Å². The second kappa shape index (κ2) is 7.34. The van der Waals surface area contributed by atoms with E-state index < -0.39 is 0 Å². The van der Waals surface area contributed by atoms with Gasteiger partial charge in [-0.05, 0) is 24.6 Å². The number of benzene rings is 1. The average molecular weight is 280 g/mol. The summed E-state index contributed by atoms with van der Waals surface area (Å²) in [6, 6.07) is 5.33. The normalized spacial score (nSPS) is 13.0. The van der Waals surface area contributed by atoms with Crippen molar-refractivity contribution in [3.8, 4) is 5.75 Å². The zero-order valence-corrected chi connectivity index (χ0v) is 11.6. The zero-order chi connectivity index (χ0) is 15.1. The van der Waals surface area contributed by atoms with Crippen LogP contribution in [0.15, 0.2) is 23.4 Å². The van der Waals surface area contributed by atoms with Crippen molar-refractivity contribution in [1.82, 2.24) is 5.32 Å². The third kappa shape index (κ3) is 4.43. The summed E-state index contributed by atoms with van der Waals surface area (Å²) in [4.78, 5) is 10.8. The molecule has 0 saturated carbocycles. The number of rotatable bonds is 7. The molecule has 0 radical (unpaired) electrons. The number of ether oxygens (including phenoxy) is 1. The van der Waals surface area contributed by atoms with Crippen LogP contribution in [0.2, 0.25) is 0 Å². The number of hydrogen-bond donors (Lipinski definition) is 4. The van der Waals surface area contributed by atoms with Gasteiger partial charge in [0.15, 0.2) is 5.84 Å². The van der Waals surface area contributed by atoms with Crippen LogP contribution in [0.5, 0.6) is 5.75 Å². The number of hydrogen-bond acceptors (Lipinski definition) is 5. The molecule has 7 heteroatoms. The van der Waals surface area contributed by atoms with E-state index in [1.807, 2.05) is 13.0 Å². The van der Waals surface area contributed by atoms with E-state index in [9.17, 15) is 4.79 Å². The highest BCUT2D eigenvalue weighted by molar-refractivity contribution is 5.99. The standard InChI is InChI=1S/C13H20N4O3/c1-8(5-12(14)18)16-7-9-3-4-11(20-2)10(6-9)13(15)17-19/h3-4,6,8,16,19H,5,7H2,1-2H3,(H2,14,18)(H2,15,17). The number of oxime groups is 1. The number of nitrogens with zero attached hydrogens (tertiary/aromatic N) is 1. The minimum atomic E-state index is -0.350. The van der Waals surface area contributed by atoms with Gasteiger partial charge in [-0.2, -0.15) is 0 Å². The molecule has 0 aliphatic carbocycles. The molecule has 1 aromatic carbocycles. The Kier molecular flexibility index (Phi) is 5.79. The molecular weight excluding hydrogens is 260 g/mol. The van der Waals surface area contributed by atoms with Crippen LogP contribution < -0.4 is 21.5 Å². The molecule has 0 saturated heterocycles. The van der Waals surface area contributed by atoms with Crippen molar-refractivity contribution in [3.63, 3.8) is 0 Å². The summed E-state index contributed by atoms with van der Waals surface area (Å²) in [6.07, 6.45) is 0.267. The van der Waals surface area contributed by atoms with Crippen molar-refractivity contribution < 1.29 is 14.7 Å². The summed E-state index contributed by atoms with van der Waals surface area (Å²) in [5, 5.41) is 14.9. The maximum atomic E-state index is 10.8. The predicted molar refractivity (Wildman–Crippen MR) is 75.6 cm³/mol. The highest BCUT2D eigenvalue weighted by atomic mass is 16.5. The molecule has 0 bridgehead atoms. The van der Waals surface area contributed by atoms with Crippen LogP contribution in [0.3, 0.4) is 0 Å². The number of primary amides is 1. The minimum Gasteiger partial charge on any atom is -0.496 e. The summed E-state index contributed by atoms with van der Waals surface area (Å²) in [6.45, 7) is 2.41. The third-order valence-electron chi connectivity index (χ3n) is 2.81. The lowest BCUT2D eigenvalue weighted by molar-refractivity contribution is -0.118. The molecule has 0 spiro atoms. The Morgan fingerprint density at radius 3 is 2.75 bits per heavy atom. The molecule has 7 nitrogen and oxygen atoms in total. The molecular formula is C13H20N4O3. The average Bonchev–Trinajstić information content (AvgIpc) is 2.43. The molecule has 1 unspecified atom stereocenters. The second-order valence-electron chi connectivity index (χ2n) is 4.47. The van der Waals surface area contributed by atoms with Gasteiger partial charge in [0.1, 0.15) is 5.75 Å². The van der Waals surface area contributed by atoms with Gasteiger partial charge in [-0.15, -0.1) is 0 Å². The summed E-state index contributed by atoms with van der Waals surface area (Å²) < 4.78 is 5.15. The van der Waals surface area contributed by atoms with E-state index in [-0.39, 0.29) is 24.2 Å². The van der Waals surface area contributed by atoms with Crippen LogP contribution in [0, 0.1) is 0 Å². The molecule has 0 aliphatic heterocycles. The van der Waals surface area contributed by atoms with Gasteiger partial charge in [0.05, 0.1) is 12.7 Å². The SMILES string of the molecule is COc1ccc(CNC(C)CC(N)=O)cc1/C(N)=N/O. The highest BCUT2D eigenvalue weighted by Gasteiger charge is 2.10. The minimum absolute atomic E-state index is 0.0196. The lowest BCUT2D eigenvalue weighted by atomic mass is 10.1. The first-order valence-corrected chi connectivity index (χ1v) is 6.14. The summed E-state index contributed by atoms with van der Waals surface area (Å²) in [5.74, 6) is 0.153. The molecule has 0 aromatic heterocycles. The van der Waals surface area contributed by atoms with E-state index in [1.165, 1.54) is 7.11 Å². The fourth-order valence-electron chi connectivity index (χ4n) is 1.79. The largest absolute Gasteiger partial charge is 0.496 e. The van der Waals surface area contributed by atoms with Crippen molar-refractivity contribution in [2.75, 3.05) is 7.11 Å². The number of amides is 1. The van der Waals surface area contributed by atoms with Crippen LogP contribution in [-0.2, 0) is 11.3 Å². The van der Waals surface area contributed by atoms with Crippen molar-refractivity contribution in [1.29, 1.82) is 0 Å². The van der Waals surface area contributed by atoms with E-state index in [1.54, 1.807) is 12.1 Å². The van der Waals surface area contributed by atoms with Crippen LogP contribution in [-0.4, -0.2) is 30.1 Å². The first-order chi connectivity index (χ1) is 9.47. The Morgan fingerprint density at radius 1 is 1.50 bits per heavy atom. The molecule has 6 N–H and O–H groups in total. The number of methoxy groups -OCH3 is 1. The Labute approximate surface area is 117 Å². The smallest absolute Gasteiger partial charge is 0.218 e. The van der Waals surface area contributed by atoms with Crippen molar-refractivity contribution in [3.05, 3.63) is 29.3 Å². The molecule has 0 aliphatic rings. The molecule has 1 rings (SSSR count). The van der Waals surface area contributed by atoms with Crippen molar-refractivity contribution in [2.45, 2.75) is 25.9 Å². The molecule has 0 heterocycles. The monoisotopic (exact) mass is 280 g/mol. The summed E-state index contributed by atoms with van der Waals surface area (Å²) in [5.41, 5.74) is 12.2. The Hall–Kier alpha value is -2.28. The number of nitrogens with one attached hydrogen (secondary N) is 1. The fourth-order valence-corrected chi connectivity index (χ4v) is 1.79. The Morgan fingerprint density at radius 2 is 2.20 bits per heavy atom. The van der Waals surface area contributed by atoms with Gasteiger partial charge < -0.3 is 26.7 Å². The maximum absolute atomic E-state index is 10.8. The first-order valence-electron chi connectivity index (χ1n) is 6.14. The van der Waals surface area contributed by atoms with Crippen molar-refractivity contribution >= 4 is 11.7 Å². The number of amidine groups is 1. The lowest BCUT2D eigenvalue weighted by Gasteiger charge is -2.13. The van der Waals surface area contributed by atoms with Crippen molar-refractivity contribution in [2.24, 2.45) is 16.6 Å². The second-order valence-corrected chi connectivity index (χ2v) is 4.47. The molecule has 20 heavy (non-hydrogen) atoms. The number of nitrogens with two attached hydrogens (primary N) is 2. The topological polar surface area (TPSA) is 123 Å². The van der Waals surface area contributed by atoms with Crippen LogP contribution in [0.1, 0.15) is 24.5 Å². The number of carbonyl (C=O) groups excluding carboxylic acids is 1. The summed E-state index contributed by atoms with van der Waals surface area (Å²) >= 11 is 0. The molecule has 0 fully saturated rings.